The molecule has 2 N–H and O–H groups in total. The molecule has 1 amide bonds. The molecule has 1 saturated carbocycles. The van der Waals surface area contributed by atoms with Gasteiger partial charge in [0.1, 0.15) is 5.78 Å². The standard InChI is InChI=1S/C9H15NO3/c1-7(12)2-3-8(13)10-9(6-11)4-5-9/h11H,2-6H2,1H3,(H,10,13). The van der Waals surface area contributed by atoms with Crippen LogP contribution in [0.4, 0.5) is 0 Å². The lowest BCUT2D eigenvalue weighted by Gasteiger charge is -2.13. The normalized spacial score (nSPS) is 18.0. The first-order chi connectivity index (χ1) is 6.08. The van der Waals surface area contributed by atoms with Crippen molar-refractivity contribution in [3.63, 3.8) is 0 Å². The molecule has 0 unspecified atom stereocenters. The number of aliphatic hydroxyl groups excluding tert-OH is 1. The lowest BCUT2D eigenvalue weighted by Crippen LogP contribution is -2.39. The van der Waals surface area contributed by atoms with Crippen LogP contribution in [-0.4, -0.2) is 28.9 Å². The van der Waals surface area contributed by atoms with Gasteiger partial charge in [0, 0.05) is 12.8 Å². The third-order valence-corrected chi connectivity index (χ3v) is 2.26. The summed E-state index contributed by atoms with van der Waals surface area (Å²) in [6.07, 6.45) is 2.20. The van der Waals surface area contributed by atoms with Gasteiger partial charge in [-0.25, -0.2) is 0 Å². The van der Waals surface area contributed by atoms with Crippen molar-refractivity contribution in [2.45, 2.75) is 38.1 Å². The van der Waals surface area contributed by atoms with E-state index in [1.54, 1.807) is 0 Å². The molecule has 0 aromatic carbocycles. The average Bonchev–Trinajstić information content (AvgIpc) is 2.82. The minimum absolute atomic E-state index is 0.00118. The molecule has 74 valence electrons. The van der Waals surface area contributed by atoms with Crippen LogP contribution in [0.1, 0.15) is 32.6 Å². The summed E-state index contributed by atoms with van der Waals surface area (Å²) in [5.41, 5.74) is -0.353. The van der Waals surface area contributed by atoms with E-state index in [9.17, 15) is 9.59 Å². The summed E-state index contributed by atoms with van der Waals surface area (Å²) in [5, 5.41) is 11.6. The third kappa shape index (κ3) is 3.14. The highest BCUT2D eigenvalue weighted by Gasteiger charge is 2.43. The zero-order valence-electron chi connectivity index (χ0n) is 7.80. The summed E-state index contributed by atoms with van der Waals surface area (Å²) < 4.78 is 0. The molecule has 0 bridgehead atoms. The van der Waals surface area contributed by atoms with Crippen molar-refractivity contribution in [3.8, 4) is 0 Å². The number of carbonyl (C=O) groups is 2. The van der Waals surface area contributed by atoms with Crippen molar-refractivity contribution < 1.29 is 14.7 Å². The Kier molecular flexibility index (Phi) is 3.03. The topological polar surface area (TPSA) is 66.4 Å². The molecule has 4 heteroatoms. The second kappa shape index (κ2) is 3.87. The van der Waals surface area contributed by atoms with Crippen LogP contribution in [0, 0.1) is 0 Å². The molecule has 1 aliphatic carbocycles. The minimum Gasteiger partial charge on any atom is -0.394 e. The van der Waals surface area contributed by atoms with Crippen LogP contribution in [0.3, 0.4) is 0 Å². The number of nitrogens with one attached hydrogen (secondary N) is 1. The molecule has 0 aromatic rings. The highest BCUT2D eigenvalue weighted by Crippen LogP contribution is 2.34. The predicted octanol–water partition coefficient (Wildman–Crippen LogP) is -0.00330. The van der Waals surface area contributed by atoms with Crippen LogP contribution >= 0.6 is 0 Å². The van der Waals surface area contributed by atoms with E-state index in [2.05, 4.69) is 5.32 Å². The summed E-state index contributed by atoms with van der Waals surface area (Å²) in [5.74, 6) is -0.120. The van der Waals surface area contributed by atoms with Gasteiger partial charge < -0.3 is 15.2 Å². The zero-order chi connectivity index (χ0) is 9.90. The zero-order valence-corrected chi connectivity index (χ0v) is 7.80. The van der Waals surface area contributed by atoms with Crippen LogP contribution in [0.15, 0.2) is 0 Å². The van der Waals surface area contributed by atoms with E-state index in [1.807, 2.05) is 0 Å². The molecule has 0 heterocycles. The van der Waals surface area contributed by atoms with Crippen molar-refractivity contribution in [2.24, 2.45) is 0 Å². The van der Waals surface area contributed by atoms with Crippen molar-refractivity contribution in [1.82, 2.24) is 5.32 Å². The number of carbonyl (C=O) groups excluding carboxylic acids is 2. The van der Waals surface area contributed by atoms with Crippen LogP contribution < -0.4 is 5.32 Å². The van der Waals surface area contributed by atoms with E-state index in [1.165, 1.54) is 6.92 Å². The molecule has 0 atom stereocenters. The first kappa shape index (κ1) is 10.2. The van der Waals surface area contributed by atoms with E-state index in [-0.39, 0.29) is 36.7 Å². The maximum atomic E-state index is 11.2. The largest absolute Gasteiger partial charge is 0.394 e. The first-order valence-corrected chi connectivity index (χ1v) is 4.49. The van der Waals surface area contributed by atoms with E-state index >= 15 is 0 Å². The molecule has 0 aromatic heterocycles. The highest BCUT2D eigenvalue weighted by molar-refractivity contribution is 5.84. The Morgan fingerprint density at radius 3 is 2.38 bits per heavy atom. The Morgan fingerprint density at radius 2 is 2.00 bits per heavy atom. The summed E-state index contributed by atoms with van der Waals surface area (Å²) in [7, 11) is 0. The van der Waals surface area contributed by atoms with Gasteiger partial charge in [-0.2, -0.15) is 0 Å². The molecule has 1 fully saturated rings. The Balaban J connectivity index is 2.21. The van der Waals surface area contributed by atoms with Gasteiger partial charge in [-0.05, 0) is 19.8 Å². The number of aliphatic hydroxyl groups is 1. The van der Waals surface area contributed by atoms with Gasteiger partial charge in [-0.15, -0.1) is 0 Å². The van der Waals surface area contributed by atoms with Crippen molar-refractivity contribution in [3.05, 3.63) is 0 Å². The van der Waals surface area contributed by atoms with Crippen LogP contribution in [-0.2, 0) is 9.59 Å². The molecule has 0 aliphatic heterocycles. The van der Waals surface area contributed by atoms with E-state index in [4.69, 9.17) is 5.11 Å². The van der Waals surface area contributed by atoms with E-state index in [0.717, 1.165) is 12.8 Å². The number of hydrogen-bond donors (Lipinski definition) is 2. The van der Waals surface area contributed by atoms with Crippen molar-refractivity contribution >= 4 is 11.7 Å². The lowest BCUT2D eigenvalue weighted by atomic mass is 10.2. The predicted molar refractivity (Wildman–Crippen MR) is 47.1 cm³/mol. The fraction of sp³-hybridized carbons (Fsp3) is 0.778. The highest BCUT2D eigenvalue weighted by atomic mass is 16.3. The number of hydrogen-bond acceptors (Lipinski definition) is 3. The van der Waals surface area contributed by atoms with Gasteiger partial charge in [0.25, 0.3) is 0 Å². The molecular weight excluding hydrogens is 170 g/mol. The summed E-state index contributed by atoms with van der Waals surface area (Å²) in [4.78, 5) is 21.8. The smallest absolute Gasteiger partial charge is 0.220 e. The van der Waals surface area contributed by atoms with Crippen LogP contribution in [0.25, 0.3) is 0 Å². The number of Topliss-reactive ketones (excluding diaryl/α,β-unsaturated/α-hetero) is 1. The maximum absolute atomic E-state index is 11.2. The molecule has 1 aliphatic rings. The summed E-state index contributed by atoms with van der Waals surface area (Å²) >= 11 is 0. The van der Waals surface area contributed by atoms with Gasteiger partial charge in [-0.3, -0.25) is 4.79 Å². The first-order valence-electron chi connectivity index (χ1n) is 4.49. The molecule has 0 radical (unpaired) electrons. The quantitative estimate of drug-likeness (QED) is 0.633. The van der Waals surface area contributed by atoms with Gasteiger partial charge in [-0.1, -0.05) is 0 Å². The maximum Gasteiger partial charge on any atom is 0.220 e. The molecular formula is C9H15NO3. The van der Waals surface area contributed by atoms with Crippen LogP contribution in [0.5, 0.6) is 0 Å². The van der Waals surface area contributed by atoms with Gasteiger partial charge in [0.15, 0.2) is 0 Å². The fourth-order valence-corrected chi connectivity index (χ4v) is 1.12. The lowest BCUT2D eigenvalue weighted by molar-refractivity contribution is -0.125. The van der Waals surface area contributed by atoms with Gasteiger partial charge in [0.05, 0.1) is 12.1 Å². The second-order valence-electron chi connectivity index (χ2n) is 3.69. The third-order valence-electron chi connectivity index (χ3n) is 2.26. The molecule has 0 saturated heterocycles. The Labute approximate surface area is 77.3 Å². The number of ketones is 1. The fourth-order valence-electron chi connectivity index (χ4n) is 1.12. The number of amides is 1. The average molecular weight is 185 g/mol. The van der Waals surface area contributed by atoms with Gasteiger partial charge >= 0.3 is 0 Å². The Bertz CT molecular complexity index is 221. The minimum atomic E-state index is -0.353. The molecule has 13 heavy (non-hydrogen) atoms. The monoisotopic (exact) mass is 185 g/mol. The Morgan fingerprint density at radius 1 is 1.38 bits per heavy atom. The SMILES string of the molecule is CC(=O)CCC(=O)NC1(CO)CC1. The van der Waals surface area contributed by atoms with E-state index in [0.29, 0.717) is 0 Å². The van der Waals surface area contributed by atoms with Gasteiger partial charge in [0.2, 0.25) is 5.91 Å². The van der Waals surface area contributed by atoms with Crippen molar-refractivity contribution in [2.75, 3.05) is 6.61 Å². The molecule has 0 spiro atoms. The molecule has 4 nitrogen and oxygen atoms in total. The Hall–Kier alpha value is -0.900. The molecule has 1 rings (SSSR count). The number of rotatable bonds is 5. The second-order valence-corrected chi connectivity index (χ2v) is 3.69. The van der Waals surface area contributed by atoms with Crippen molar-refractivity contribution in [1.29, 1.82) is 0 Å². The summed E-state index contributed by atoms with van der Waals surface area (Å²) in [6, 6.07) is 0. The van der Waals surface area contributed by atoms with Crippen LogP contribution in [0.2, 0.25) is 0 Å². The van der Waals surface area contributed by atoms with E-state index < -0.39 is 0 Å². The summed E-state index contributed by atoms with van der Waals surface area (Å²) in [6.45, 7) is 1.46.